The number of benzene rings is 6. The number of hydrogen-bond donors (Lipinski definition) is 3. The molecule has 6 aromatic rings. The van der Waals surface area contributed by atoms with Gasteiger partial charge in [-0.15, -0.1) is 10.2 Å². The van der Waals surface area contributed by atoms with Crippen LogP contribution in [0.15, 0.2) is 149 Å². The fourth-order valence-corrected chi connectivity index (χ4v) is 8.98. The Morgan fingerprint density at radius 3 is 1.19 bits per heavy atom. The van der Waals surface area contributed by atoms with E-state index in [1.54, 1.807) is 44.2 Å². The molecule has 424 valence electrons. The van der Waals surface area contributed by atoms with E-state index in [0.29, 0.717) is 81.8 Å². The third kappa shape index (κ3) is 19.3. The van der Waals surface area contributed by atoms with Crippen molar-refractivity contribution in [3.8, 4) is 23.0 Å². The molecule has 22 nitrogen and oxygen atoms in total. The highest BCUT2D eigenvalue weighted by molar-refractivity contribution is 7.86. The number of rotatable bonds is 29. The minimum absolute atomic E-state index is 0.0462. The third-order valence-corrected chi connectivity index (χ3v) is 14.1. The van der Waals surface area contributed by atoms with E-state index >= 15 is 0 Å². The Bertz CT molecular complexity index is 3630. The number of Topliss-reactive ketones (excluding diaryl/α,β-unsaturated/α-hetero) is 1. The molecule has 3 N–H and O–H groups in total. The van der Waals surface area contributed by atoms with Crippen LogP contribution in [0.25, 0.3) is 0 Å². The largest absolute Gasteiger partial charge is 0.493 e. The molecule has 0 heterocycles. The second kappa shape index (κ2) is 28.5. The van der Waals surface area contributed by atoms with Crippen LogP contribution >= 0.6 is 0 Å². The lowest BCUT2D eigenvalue weighted by Crippen LogP contribution is -2.12. The quantitative estimate of drug-likeness (QED) is 0.0223. The van der Waals surface area contributed by atoms with Gasteiger partial charge in [-0.1, -0.05) is 32.0 Å². The lowest BCUT2D eigenvalue weighted by atomic mass is 9.98. The fourth-order valence-electron chi connectivity index (χ4n) is 7.54. The summed E-state index contributed by atoms with van der Waals surface area (Å²) in [4.78, 5) is 13.8. The predicted molar refractivity (Wildman–Crippen MR) is 301 cm³/mol. The van der Waals surface area contributed by atoms with Crippen molar-refractivity contribution < 1.29 is 62.7 Å². The minimum atomic E-state index is -4.43. The molecule has 80 heavy (non-hydrogen) atoms. The summed E-state index contributed by atoms with van der Waals surface area (Å²) in [6.07, 6.45) is 1.12. The van der Waals surface area contributed by atoms with Crippen molar-refractivity contribution in [2.75, 3.05) is 37.9 Å². The van der Waals surface area contributed by atoms with Crippen LogP contribution < -0.4 is 18.9 Å². The van der Waals surface area contributed by atoms with Crippen LogP contribution in [0.4, 0.5) is 45.5 Å². The third-order valence-electron chi connectivity index (χ3n) is 11.6. The molecule has 0 bridgehead atoms. The first-order chi connectivity index (χ1) is 38.0. The maximum atomic E-state index is 14.1. The molecule has 0 atom stereocenters. The Morgan fingerprint density at radius 2 is 0.775 bits per heavy atom. The van der Waals surface area contributed by atoms with Gasteiger partial charge < -0.3 is 18.9 Å². The molecule has 0 fully saturated rings. The van der Waals surface area contributed by atoms with Gasteiger partial charge in [0.1, 0.15) is 40.2 Å². The van der Waals surface area contributed by atoms with E-state index in [-0.39, 0.29) is 78.1 Å². The van der Waals surface area contributed by atoms with Gasteiger partial charge in [0.15, 0.2) is 0 Å². The molecule has 6 rings (SSSR count). The Labute approximate surface area is 465 Å². The first-order valence-corrected chi connectivity index (χ1v) is 29.9. The summed E-state index contributed by atoms with van der Waals surface area (Å²) >= 11 is 0. The molecule has 25 heteroatoms. The van der Waals surface area contributed by atoms with Crippen molar-refractivity contribution in [3.63, 3.8) is 0 Å². The second-order valence-corrected chi connectivity index (χ2v) is 22.9. The van der Waals surface area contributed by atoms with Crippen LogP contribution in [0.3, 0.4) is 0 Å². The molecular weight excluding hydrogens is 1090 g/mol. The smallest absolute Gasteiger partial charge is 0.294 e. The van der Waals surface area contributed by atoms with Crippen LogP contribution in [-0.4, -0.2) is 82.6 Å². The van der Waals surface area contributed by atoms with Gasteiger partial charge in [0.05, 0.1) is 77.0 Å². The van der Waals surface area contributed by atoms with Gasteiger partial charge in [0.2, 0.25) is 0 Å². The fraction of sp³-hybridized carbons (Fsp3) is 0.327. The van der Waals surface area contributed by atoms with Crippen LogP contribution in [-0.2, 0) is 48.0 Å². The van der Waals surface area contributed by atoms with Crippen LogP contribution in [0, 0.1) is 27.7 Å². The molecule has 0 aromatic heterocycles. The Balaban J connectivity index is 1.27. The van der Waals surface area contributed by atoms with E-state index in [9.17, 15) is 43.7 Å². The average molecular weight is 1160 g/mol. The number of carbonyl (C=O) groups is 1. The van der Waals surface area contributed by atoms with Crippen LogP contribution in [0.5, 0.6) is 23.0 Å². The molecule has 0 saturated heterocycles. The van der Waals surface area contributed by atoms with E-state index in [0.717, 1.165) is 29.7 Å². The summed E-state index contributed by atoms with van der Waals surface area (Å²) in [6, 6.07) is 27.9. The second-order valence-electron chi connectivity index (χ2n) is 18.4. The molecule has 0 unspecified atom stereocenters. The van der Waals surface area contributed by atoms with Crippen LogP contribution in [0.1, 0.15) is 72.9 Å². The number of nitrogens with zero attached hydrogens (tertiary/aromatic N) is 8. The summed E-state index contributed by atoms with van der Waals surface area (Å²) in [7, 11) is -13.0. The monoisotopic (exact) mass is 1150 g/mol. The molecular formula is C55H62N8O14S3. The zero-order valence-corrected chi connectivity index (χ0v) is 47.4. The zero-order valence-electron chi connectivity index (χ0n) is 44.9. The molecule has 0 radical (unpaired) electrons. The maximum absolute atomic E-state index is 14.1. The first kappa shape index (κ1) is 61.5. The minimum Gasteiger partial charge on any atom is -0.493 e. The first-order valence-electron chi connectivity index (χ1n) is 25.3. The van der Waals surface area contributed by atoms with Gasteiger partial charge in [-0.05, 0) is 136 Å². The number of ketones is 1. The Morgan fingerprint density at radius 1 is 0.425 bits per heavy atom. The molecule has 0 saturated carbocycles. The molecule has 0 aliphatic carbocycles. The lowest BCUT2D eigenvalue weighted by Gasteiger charge is -2.16. The highest BCUT2D eigenvalue weighted by Crippen LogP contribution is 2.41. The SMILES string of the molecule is CCCOc1cc(N=Nc2cc(C)c(N=Nc3ccccc3)cc2OCCC)c(C)cc1CC(=O)Cc1cc(C)c(N=Nc2cc(C)c(N=Nc3ccc(S(=O)(=O)O)cc3)cc2OCCCS(=O)(=O)O)cc1OCCCS(=O)(=O)O. The number of ether oxygens (including phenoxy) is 4. The topological polar surface area (TPSA) is 316 Å². The molecule has 6 aromatic carbocycles. The number of carbonyl (C=O) groups excluding carboxylic acids is 1. The van der Waals surface area contributed by atoms with E-state index in [1.807, 2.05) is 70.2 Å². The van der Waals surface area contributed by atoms with Gasteiger partial charge in [0.25, 0.3) is 30.4 Å². The van der Waals surface area contributed by atoms with Gasteiger partial charge in [-0.3, -0.25) is 18.5 Å². The van der Waals surface area contributed by atoms with Gasteiger partial charge >= 0.3 is 0 Å². The van der Waals surface area contributed by atoms with Crippen molar-refractivity contribution in [2.45, 2.75) is 85.0 Å². The van der Waals surface area contributed by atoms with Gasteiger partial charge in [-0.25, -0.2) is 0 Å². The van der Waals surface area contributed by atoms with E-state index in [4.69, 9.17) is 18.9 Å². The van der Waals surface area contributed by atoms with Crippen molar-refractivity contribution in [1.29, 1.82) is 0 Å². The van der Waals surface area contributed by atoms with Crippen molar-refractivity contribution in [2.24, 2.45) is 40.9 Å². The number of aryl methyl sites for hydroxylation is 4. The highest BCUT2D eigenvalue weighted by atomic mass is 32.2. The summed E-state index contributed by atoms with van der Waals surface area (Å²) in [5.74, 6) is -0.117. The van der Waals surface area contributed by atoms with Crippen molar-refractivity contribution in [1.82, 2.24) is 0 Å². The molecule has 0 aliphatic rings. The van der Waals surface area contributed by atoms with Crippen molar-refractivity contribution >= 4 is 81.6 Å². The lowest BCUT2D eigenvalue weighted by molar-refractivity contribution is -0.117. The van der Waals surface area contributed by atoms with E-state index < -0.39 is 41.9 Å². The van der Waals surface area contributed by atoms with Gasteiger partial charge in [-0.2, -0.15) is 55.9 Å². The summed E-state index contributed by atoms with van der Waals surface area (Å²) in [5, 5.41) is 35.4. The normalized spacial score (nSPS) is 12.3. The maximum Gasteiger partial charge on any atom is 0.294 e. The molecule has 0 spiro atoms. The standard InChI is InChI=1S/C55H62N8O14S3/c1-7-20-74-52-32-46(60-62-50-28-38(5)48(34-54(50)75-21-8-2)58-56-42-14-10-9-11-15-42)36(3)26-40(52)30-44(64)31-41-27-37(4)47(33-53(41)76-22-12-24-78(65,66)67)61-63-51-29-39(6)49(35-55(51)77-23-13-25-79(68,69)70)59-57-43-16-18-45(19-17-43)80(71,72)73/h9-11,14-19,26-29,32-35H,7-8,12-13,20-25,30-31H2,1-6H3,(H,65,66,67)(H,68,69,70)(H,71,72,73). The number of azo groups is 4. The molecule has 0 amide bonds. The zero-order chi connectivity index (χ0) is 58.0. The highest BCUT2D eigenvalue weighted by Gasteiger charge is 2.19. The average Bonchev–Trinajstić information content (AvgIpc) is 3.40. The predicted octanol–water partition coefficient (Wildman–Crippen LogP) is 14.1. The number of hydrogen-bond acceptors (Lipinski definition) is 19. The summed E-state index contributed by atoms with van der Waals surface area (Å²) in [5.41, 5.74) is 7.07. The van der Waals surface area contributed by atoms with Crippen LogP contribution in [0.2, 0.25) is 0 Å². The van der Waals surface area contributed by atoms with Gasteiger partial charge in [0, 0.05) is 48.2 Å². The van der Waals surface area contributed by atoms with Crippen molar-refractivity contribution in [3.05, 3.63) is 137 Å². The summed E-state index contributed by atoms with van der Waals surface area (Å²) < 4.78 is 121. The Kier molecular flexibility index (Phi) is 21.9. The van der Waals surface area contributed by atoms with E-state index in [1.165, 1.54) is 18.2 Å². The Hall–Kier alpha value is -7.68. The summed E-state index contributed by atoms with van der Waals surface area (Å²) in [6.45, 7) is 11.7. The molecule has 0 aliphatic heterocycles. The van der Waals surface area contributed by atoms with E-state index in [2.05, 4.69) is 40.9 Å².